The van der Waals surface area contributed by atoms with Crippen LogP contribution in [0.2, 0.25) is 0 Å². The van der Waals surface area contributed by atoms with E-state index >= 15 is 0 Å². The minimum Gasteiger partial charge on any atom is -0.340 e. The van der Waals surface area contributed by atoms with Crippen LogP contribution in [-0.2, 0) is 19.9 Å². The lowest BCUT2D eigenvalue weighted by Crippen LogP contribution is -2.41. The number of likely N-dealkylation sites (N-methyl/N-ethyl adjacent to an activating group) is 1. The smallest absolute Gasteiger partial charge is 0.244 e. The normalized spacial score (nSPS) is 31.1. The molecule has 2 aliphatic carbocycles. The first-order valence-electron chi connectivity index (χ1n) is 10.9. The topological polar surface area (TPSA) is 68.8 Å². The summed E-state index contributed by atoms with van der Waals surface area (Å²) in [7, 11) is 3.93. The van der Waals surface area contributed by atoms with Gasteiger partial charge in [-0.15, -0.1) is 0 Å². The molecular weight excluding hydrogens is 350 g/mol. The van der Waals surface area contributed by atoms with Gasteiger partial charge in [0.1, 0.15) is 0 Å². The van der Waals surface area contributed by atoms with Gasteiger partial charge in [-0.2, -0.15) is 4.98 Å². The van der Waals surface area contributed by atoms with E-state index in [1.807, 2.05) is 31.2 Å². The van der Waals surface area contributed by atoms with Crippen molar-refractivity contribution in [3.8, 4) is 0 Å². The predicted octanol–water partition coefficient (Wildman–Crippen LogP) is 4.09. The molecule has 28 heavy (non-hydrogen) atoms. The van der Waals surface area contributed by atoms with Crippen LogP contribution in [0, 0.1) is 23.2 Å². The Morgan fingerprint density at radius 1 is 1.32 bits per heavy atom. The Balaban J connectivity index is 1.48. The number of hydrogen-bond acceptors (Lipinski definition) is 5. The zero-order valence-corrected chi connectivity index (χ0v) is 17.8. The number of fused-ring (bicyclic) bond motifs is 2. The summed E-state index contributed by atoms with van der Waals surface area (Å²) in [5.41, 5.74) is 1.40. The van der Waals surface area contributed by atoms with Crippen molar-refractivity contribution in [2.24, 2.45) is 30.2 Å². The third-order valence-corrected chi connectivity index (χ3v) is 7.04. The van der Waals surface area contributed by atoms with Crippen LogP contribution in [0.25, 0.3) is 0 Å². The molecule has 2 fully saturated rings. The van der Waals surface area contributed by atoms with Crippen molar-refractivity contribution in [3.63, 3.8) is 0 Å². The Kier molecular flexibility index (Phi) is 5.59. The standard InChI is InChI=1S/C22H35N5O/c1-5-16-7-17-6-15(2)9-22(10-16,11-17)12-20-25-21(28-26-20)19(23-3)8-18-13-27(4)14-24-18/h13-17,19,23H,5-12H2,1-4H3. The first-order valence-corrected chi connectivity index (χ1v) is 10.9. The van der Waals surface area contributed by atoms with Crippen LogP contribution >= 0.6 is 0 Å². The van der Waals surface area contributed by atoms with Gasteiger partial charge in [0.15, 0.2) is 5.82 Å². The van der Waals surface area contributed by atoms with Gasteiger partial charge in [-0.1, -0.05) is 25.4 Å². The van der Waals surface area contributed by atoms with E-state index in [1.54, 1.807) is 0 Å². The van der Waals surface area contributed by atoms with E-state index in [1.165, 1.54) is 38.5 Å². The van der Waals surface area contributed by atoms with Gasteiger partial charge in [0.2, 0.25) is 5.89 Å². The lowest BCUT2D eigenvalue weighted by atomic mass is 9.55. The quantitative estimate of drug-likeness (QED) is 0.777. The van der Waals surface area contributed by atoms with E-state index in [2.05, 4.69) is 29.3 Å². The molecule has 0 aliphatic heterocycles. The summed E-state index contributed by atoms with van der Waals surface area (Å²) in [4.78, 5) is 9.25. The maximum Gasteiger partial charge on any atom is 0.244 e. The van der Waals surface area contributed by atoms with Crippen molar-refractivity contribution in [1.82, 2.24) is 25.0 Å². The van der Waals surface area contributed by atoms with Crippen LogP contribution in [0.15, 0.2) is 17.0 Å². The highest BCUT2D eigenvalue weighted by Crippen LogP contribution is 2.54. The fourth-order valence-electron chi connectivity index (χ4n) is 6.12. The third-order valence-electron chi connectivity index (χ3n) is 7.04. The predicted molar refractivity (Wildman–Crippen MR) is 109 cm³/mol. The van der Waals surface area contributed by atoms with E-state index in [-0.39, 0.29) is 6.04 Å². The molecule has 0 amide bonds. The Bertz CT molecular complexity index is 779. The highest BCUT2D eigenvalue weighted by molar-refractivity contribution is 5.06. The van der Waals surface area contributed by atoms with Crippen molar-refractivity contribution >= 4 is 0 Å². The molecule has 0 aromatic carbocycles. The molecule has 1 N–H and O–H groups in total. The number of aromatic nitrogens is 4. The van der Waals surface area contributed by atoms with Gasteiger partial charge in [0.05, 0.1) is 18.1 Å². The van der Waals surface area contributed by atoms with Crippen LogP contribution in [0.4, 0.5) is 0 Å². The first kappa shape index (κ1) is 19.6. The van der Waals surface area contributed by atoms with E-state index in [0.29, 0.717) is 11.3 Å². The second-order valence-electron chi connectivity index (χ2n) is 9.63. The monoisotopic (exact) mass is 385 g/mol. The second-order valence-corrected chi connectivity index (χ2v) is 9.63. The average Bonchev–Trinajstić information content (AvgIpc) is 3.27. The molecule has 5 unspecified atom stereocenters. The highest BCUT2D eigenvalue weighted by Gasteiger charge is 2.45. The number of aryl methyl sites for hydroxylation is 1. The number of imidazole rings is 1. The summed E-state index contributed by atoms with van der Waals surface area (Å²) in [6.07, 6.45) is 13.7. The molecule has 0 saturated heterocycles. The zero-order chi connectivity index (χ0) is 19.7. The van der Waals surface area contributed by atoms with Crippen LogP contribution in [0.3, 0.4) is 0 Å². The van der Waals surface area contributed by atoms with Gasteiger partial charge in [-0.25, -0.2) is 4.98 Å². The van der Waals surface area contributed by atoms with Crippen molar-refractivity contribution in [2.75, 3.05) is 7.05 Å². The van der Waals surface area contributed by atoms with Crippen molar-refractivity contribution in [1.29, 1.82) is 0 Å². The number of hydrogen-bond donors (Lipinski definition) is 1. The number of rotatable bonds is 7. The maximum absolute atomic E-state index is 5.69. The van der Waals surface area contributed by atoms with Gasteiger partial charge in [-0.3, -0.25) is 0 Å². The summed E-state index contributed by atoms with van der Waals surface area (Å²) in [5, 5.41) is 7.70. The molecule has 4 rings (SSSR count). The average molecular weight is 386 g/mol. The minimum absolute atomic E-state index is 0.00132. The molecular formula is C22H35N5O. The highest BCUT2D eigenvalue weighted by atomic mass is 16.5. The van der Waals surface area contributed by atoms with Crippen LogP contribution in [-0.4, -0.2) is 26.7 Å². The second kappa shape index (κ2) is 7.97. The molecule has 2 aromatic heterocycles. The maximum atomic E-state index is 5.69. The van der Waals surface area contributed by atoms with E-state index < -0.39 is 0 Å². The largest absolute Gasteiger partial charge is 0.340 e. The van der Waals surface area contributed by atoms with Crippen molar-refractivity contribution in [3.05, 3.63) is 29.9 Å². The molecule has 2 aromatic rings. The van der Waals surface area contributed by atoms with Gasteiger partial charge in [0.25, 0.3) is 0 Å². The van der Waals surface area contributed by atoms with Gasteiger partial charge >= 0.3 is 0 Å². The van der Waals surface area contributed by atoms with Crippen LogP contribution < -0.4 is 5.32 Å². The Morgan fingerprint density at radius 3 is 2.89 bits per heavy atom. The molecule has 2 heterocycles. The summed E-state index contributed by atoms with van der Waals surface area (Å²) in [5.74, 6) is 4.15. The molecule has 2 bridgehead atoms. The first-order chi connectivity index (χ1) is 13.5. The van der Waals surface area contributed by atoms with Crippen LogP contribution in [0.1, 0.15) is 75.8 Å². The number of nitrogens with one attached hydrogen (secondary N) is 1. The van der Waals surface area contributed by atoms with Crippen LogP contribution in [0.5, 0.6) is 0 Å². The Labute approximate surface area is 168 Å². The molecule has 6 nitrogen and oxygen atoms in total. The summed E-state index contributed by atoms with van der Waals surface area (Å²) in [6, 6.07) is 0.00132. The lowest BCUT2D eigenvalue weighted by molar-refractivity contribution is 0.0105. The molecule has 0 spiro atoms. The summed E-state index contributed by atoms with van der Waals surface area (Å²) in [6.45, 7) is 4.78. The van der Waals surface area contributed by atoms with E-state index in [0.717, 1.165) is 42.1 Å². The SMILES string of the molecule is CCC1CC2CC(C)CC(Cc3noc(C(Cc4cn(C)cn4)NC)n3)(C1)C2. The summed E-state index contributed by atoms with van der Waals surface area (Å²) < 4.78 is 7.66. The third kappa shape index (κ3) is 4.17. The molecule has 154 valence electrons. The number of nitrogens with zero attached hydrogens (tertiary/aromatic N) is 4. The fourth-order valence-corrected chi connectivity index (χ4v) is 6.12. The minimum atomic E-state index is 0.00132. The van der Waals surface area contributed by atoms with Crippen molar-refractivity contribution in [2.45, 2.75) is 71.3 Å². The van der Waals surface area contributed by atoms with Gasteiger partial charge in [-0.05, 0) is 62.3 Å². The fraction of sp³-hybridized carbons (Fsp3) is 0.773. The van der Waals surface area contributed by atoms with Gasteiger partial charge in [0, 0.05) is 26.1 Å². The molecule has 0 radical (unpaired) electrons. The Hall–Kier alpha value is -1.69. The molecule has 2 aliphatic rings. The molecule has 2 saturated carbocycles. The van der Waals surface area contributed by atoms with E-state index in [9.17, 15) is 0 Å². The van der Waals surface area contributed by atoms with E-state index in [4.69, 9.17) is 9.51 Å². The zero-order valence-electron chi connectivity index (χ0n) is 17.8. The summed E-state index contributed by atoms with van der Waals surface area (Å²) >= 11 is 0. The lowest BCUT2D eigenvalue weighted by Gasteiger charge is -2.50. The molecule has 6 heteroatoms. The van der Waals surface area contributed by atoms with Gasteiger partial charge < -0.3 is 14.4 Å². The van der Waals surface area contributed by atoms with Crippen molar-refractivity contribution < 1.29 is 4.52 Å². The Morgan fingerprint density at radius 2 is 2.18 bits per heavy atom. The molecule has 5 atom stereocenters.